The molecule has 6 nitrogen and oxygen atoms in total. The molecule has 0 saturated carbocycles. The number of hydrogen-bond acceptors (Lipinski definition) is 3. The average molecular weight is 344 g/mol. The van der Waals surface area contributed by atoms with Crippen LogP contribution in [0.1, 0.15) is 30.5 Å². The largest absolute Gasteiger partial charge is 0.347 e. The van der Waals surface area contributed by atoms with Gasteiger partial charge in [0.2, 0.25) is 5.91 Å². The quantitative estimate of drug-likeness (QED) is 0.795. The van der Waals surface area contributed by atoms with Gasteiger partial charge in [-0.25, -0.2) is 9.97 Å². The van der Waals surface area contributed by atoms with Crippen LogP contribution in [0.15, 0.2) is 30.6 Å². The van der Waals surface area contributed by atoms with Crippen LogP contribution in [0.5, 0.6) is 0 Å². The number of nitrogens with one attached hydrogen (secondary N) is 1. The minimum absolute atomic E-state index is 0.00658. The summed E-state index contributed by atoms with van der Waals surface area (Å²) in [7, 11) is 1.91. The molecule has 0 bridgehead atoms. The maximum atomic E-state index is 12.6. The average Bonchev–Trinajstić information content (AvgIpc) is 3.17. The van der Waals surface area contributed by atoms with Gasteiger partial charge in [-0.1, -0.05) is 17.7 Å². The van der Waals surface area contributed by atoms with Crippen molar-refractivity contribution >= 4 is 28.5 Å². The van der Waals surface area contributed by atoms with Crippen molar-refractivity contribution in [3.8, 4) is 0 Å². The molecule has 7 heteroatoms. The van der Waals surface area contributed by atoms with Gasteiger partial charge in [-0.3, -0.25) is 4.79 Å². The first-order valence-electron chi connectivity index (χ1n) is 8.04. The molecule has 1 amide bonds. The van der Waals surface area contributed by atoms with E-state index in [4.69, 9.17) is 11.6 Å². The second kappa shape index (κ2) is 5.94. The number of aryl methyl sites for hydroxylation is 2. The number of aromatic nitrogens is 4. The zero-order chi connectivity index (χ0) is 16.7. The molecule has 2 aromatic heterocycles. The molecule has 1 atom stereocenters. The van der Waals surface area contributed by atoms with Gasteiger partial charge in [-0.05, 0) is 25.0 Å². The zero-order valence-corrected chi connectivity index (χ0v) is 14.1. The lowest BCUT2D eigenvalue weighted by Gasteiger charge is -2.24. The van der Waals surface area contributed by atoms with Crippen LogP contribution in [0, 0.1) is 0 Å². The predicted octanol–water partition coefficient (Wildman–Crippen LogP) is 2.62. The van der Waals surface area contributed by atoms with E-state index in [9.17, 15) is 4.79 Å². The molecular formula is C17H18ClN5O. The van der Waals surface area contributed by atoms with E-state index in [-0.39, 0.29) is 11.9 Å². The highest BCUT2D eigenvalue weighted by Gasteiger charge is 2.26. The topological polar surface area (TPSA) is 64.7 Å². The number of carbonyl (C=O) groups excluding carboxylic acids is 1. The Bertz CT molecular complexity index is 913. The number of fused-ring (bicyclic) bond motifs is 2. The molecule has 0 fully saturated rings. The summed E-state index contributed by atoms with van der Waals surface area (Å²) in [4.78, 5) is 21.5. The van der Waals surface area contributed by atoms with Crippen LogP contribution in [0.25, 0.3) is 11.0 Å². The van der Waals surface area contributed by atoms with E-state index in [0.717, 1.165) is 41.9 Å². The van der Waals surface area contributed by atoms with Crippen LogP contribution >= 0.6 is 11.6 Å². The van der Waals surface area contributed by atoms with Gasteiger partial charge < -0.3 is 14.5 Å². The molecule has 0 saturated heterocycles. The second-order valence-corrected chi connectivity index (χ2v) is 6.48. The molecule has 124 valence electrons. The molecule has 4 rings (SSSR count). The summed E-state index contributed by atoms with van der Waals surface area (Å²) < 4.78 is 3.91. The van der Waals surface area contributed by atoms with Gasteiger partial charge >= 0.3 is 0 Å². The summed E-state index contributed by atoms with van der Waals surface area (Å²) in [5.41, 5.74) is 1.72. The van der Waals surface area contributed by atoms with E-state index >= 15 is 0 Å². The van der Waals surface area contributed by atoms with Crippen molar-refractivity contribution < 1.29 is 4.79 Å². The number of halogens is 1. The number of amides is 1. The van der Waals surface area contributed by atoms with Gasteiger partial charge in [0.1, 0.15) is 17.7 Å². The highest BCUT2D eigenvalue weighted by molar-refractivity contribution is 6.35. The first-order chi connectivity index (χ1) is 11.6. The minimum Gasteiger partial charge on any atom is -0.347 e. The van der Waals surface area contributed by atoms with Crippen LogP contribution in [0.3, 0.4) is 0 Å². The van der Waals surface area contributed by atoms with Crippen molar-refractivity contribution in [1.29, 1.82) is 0 Å². The van der Waals surface area contributed by atoms with Crippen molar-refractivity contribution in [2.45, 2.75) is 31.8 Å². The van der Waals surface area contributed by atoms with Crippen LogP contribution in [0.4, 0.5) is 0 Å². The summed E-state index contributed by atoms with van der Waals surface area (Å²) in [6.45, 7) is 0.376. The SMILES string of the molecule is Cn1c(CNC(=O)[C@@H]2CCCc3nccn32)nc2cccc(Cl)c21. The van der Waals surface area contributed by atoms with Gasteiger partial charge in [-0.15, -0.1) is 0 Å². The predicted molar refractivity (Wildman–Crippen MR) is 91.8 cm³/mol. The van der Waals surface area contributed by atoms with Gasteiger partial charge in [0, 0.05) is 25.9 Å². The summed E-state index contributed by atoms with van der Waals surface area (Å²) in [6.07, 6.45) is 6.39. The fourth-order valence-corrected chi connectivity index (χ4v) is 3.68. The van der Waals surface area contributed by atoms with E-state index in [1.807, 2.05) is 40.6 Å². The van der Waals surface area contributed by atoms with Gasteiger partial charge in [0.25, 0.3) is 0 Å². The lowest BCUT2D eigenvalue weighted by molar-refractivity contribution is -0.125. The molecule has 1 N–H and O–H groups in total. The first-order valence-corrected chi connectivity index (χ1v) is 8.42. The Morgan fingerprint density at radius 2 is 2.33 bits per heavy atom. The smallest absolute Gasteiger partial charge is 0.243 e. The number of benzene rings is 1. The lowest BCUT2D eigenvalue weighted by Crippen LogP contribution is -2.35. The molecule has 1 aromatic carbocycles. The molecule has 0 radical (unpaired) electrons. The summed E-state index contributed by atoms with van der Waals surface area (Å²) in [5, 5.41) is 3.67. The molecular weight excluding hydrogens is 326 g/mol. The maximum absolute atomic E-state index is 12.6. The van der Waals surface area contributed by atoms with Crippen molar-refractivity contribution in [2.75, 3.05) is 0 Å². The number of hydrogen-bond donors (Lipinski definition) is 1. The molecule has 3 aromatic rings. The molecule has 0 aliphatic carbocycles. The Labute approximate surface area is 144 Å². The van der Waals surface area contributed by atoms with Crippen molar-refractivity contribution in [3.05, 3.63) is 47.3 Å². The molecule has 1 aliphatic heterocycles. The third-order valence-electron chi connectivity index (χ3n) is 4.62. The fraction of sp³-hybridized carbons (Fsp3) is 0.353. The van der Waals surface area contributed by atoms with Crippen LogP contribution in [-0.4, -0.2) is 25.0 Å². The zero-order valence-electron chi connectivity index (χ0n) is 13.4. The standard InChI is InChI=1S/C17H18ClN5O/c1-22-15(21-12-5-2-4-11(18)16(12)22)10-20-17(24)13-6-3-7-14-19-8-9-23(13)14/h2,4-5,8-9,13H,3,6-7,10H2,1H3,(H,20,24)/t13-/m0/s1. The normalized spacial score (nSPS) is 17.0. The lowest BCUT2D eigenvalue weighted by atomic mass is 10.0. The highest BCUT2D eigenvalue weighted by Crippen LogP contribution is 2.25. The number of para-hydroxylation sites is 1. The molecule has 3 heterocycles. The van der Waals surface area contributed by atoms with Crippen molar-refractivity contribution in [3.63, 3.8) is 0 Å². The van der Waals surface area contributed by atoms with Crippen LogP contribution in [-0.2, 0) is 24.8 Å². The van der Waals surface area contributed by atoms with Gasteiger partial charge in [0.15, 0.2) is 0 Å². The van der Waals surface area contributed by atoms with Crippen LogP contribution < -0.4 is 5.32 Å². The van der Waals surface area contributed by atoms with Crippen molar-refractivity contribution in [2.24, 2.45) is 7.05 Å². The minimum atomic E-state index is -0.186. The van der Waals surface area contributed by atoms with E-state index in [1.165, 1.54) is 0 Å². The third kappa shape index (κ3) is 2.47. The maximum Gasteiger partial charge on any atom is 0.243 e. The highest BCUT2D eigenvalue weighted by atomic mass is 35.5. The Hall–Kier alpha value is -2.34. The Morgan fingerprint density at radius 1 is 1.46 bits per heavy atom. The number of rotatable bonds is 3. The Morgan fingerprint density at radius 3 is 3.17 bits per heavy atom. The second-order valence-electron chi connectivity index (χ2n) is 6.07. The number of imidazole rings is 2. The number of carbonyl (C=O) groups is 1. The third-order valence-corrected chi connectivity index (χ3v) is 4.93. The molecule has 24 heavy (non-hydrogen) atoms. The first kappa shape index (κ1) is 15.2. The Kier molecular flexibility index (Phi) is 3.76. The van der Waals surface area contributed by atoms with E-state index in [1.54, 1.807) is 6.20 Å². The van der Waals surface area contributed by atoms with E-state index in [2.05, 4.69) is 15.3 Å². The fourth-order valence-electron chi connectivity index (χ4n) is 3.38. The molecule has 0 spiro atoms. The number of nitrogens with zero attached hydrogens (tertiary/aromatic N) is 4. The van der Waals surface area contributed by atoms with E-state index in [0.29, 0.717) is 11.6 Å². The monoisotopic (exact) mass is 343 g/mol. The van der Waals surface area contributed by atoms with Crippen LogP contribution in [0.2, 0.25) is 5.02 Å². The molecule has 1 aliphatic rings. The Balaban J connectivity index is 1.53. The van der Waals surface area contributed by atoms with Gasteiger partial charge in [-0.2, -0.15) is 0 Å². The summed E-state index contributed by atoms with van der Waals surface area (Å²) >= 11 is 6.25. The summed E-state index contributed by atoms with van der Waals surface area (Å²) in [6, 6.07) is 5.46. The summed E-state index contributed by atoms with van der Waals surface area (Å²) in [5.74, 6) is 1.77. The van der Waals surface area contributed by atoms with Crippen molar-refractivity contribution in [1.82, 2.24) is 24.4 Å². The van der Waals surface area contributed by atoms with Gasteiger partial charge in [0.05, 0.1) is 22.6 Å². The molecule has 0 unspecified atom stereocenters. The van der Waals surface area contributed by atoms with E-state index < -0.39 is 0 Å².